The van der Waals surface area contributed by atoms with Crippen LogP contribution in [0.5, 0.6) is 0 Å². The van der Waals surface area contributed by atoms with Crippen LogP contribution in [0, 0.1) is 0 Å². The minimum Gasteiger partial charge on any atom is -0.298 e. The number of benzene rings is 1. The van der Waals surface area contributed by atoms with E-state index in [-0.39, 0.29) is 17.1 Å². The third-order valence-corrected chi connectivity index (χ3v) is 3.30. The standard InChI is InChI=1S/C11H11NO2S/c1-8(13)10-7-15-11(14)12(10)9-5-3-2-4-6-9/h2-6,10H,7H2,1H3/t10-/m1/s1. The van der Waals surface area contributed by atoms with Crippen LogP contribution >= 0.6 is 11.8 Å². The number of carbonyl (C=O) groups excluding carboxylic acids is 2. The molecule has 3 nitrogen and oxygen atoms in total. The number of para-hydroxylation sites is 1. The first-order valence-electron chi connectivity index (χ1n) is 4.71. The fourth-order valence-electron chi connectivity index (χ4n) is 1.59. The fraction of sp³-hybridized carbons (Fsp3) is 0.273. The van der Waals surface area contributed by atoms with Crippen molar-refractivity contribution in [2.75, 3.05) is 10.7 Å². The van der Waals surface area contributed by atoms with Gasteiger partial charge in [-0.25, -0.2) is 0 Å². The van der Waals surface area contributed by atoms with Gasteiger partial charge in [0.2, 0.25) is 0 Å². The highest BCUT2D eigenvalue weighted by atomic mass is 32.2. The molecule has 4 heteroatoms. The summed E-state index contributed by atoms with van der Waals surface area (Å²) >= 11 is 1.20. The molecule has 1 aromatic carbocycles. The van der Waals surface area contributed by atoms with E-state index in [2.05, 4.69) is 0 Å². The Labute approximate surface area is 92.5 Å². The molecule has 1 fully saturated rings. The molecule has 0 saturated carbocycles. The highest BCUT2D eigenvalue weighted by Gasteiger charge is 2.35. The summed E-state index contributed by atoms with van der Waals surface area (Å²) in [6.07, 6.45) is 0. The van der Waals surface area contributed by atoms with Gasteiger partial charge in [0.15, 0.2) is 5.78 Å². The predicted molar refractivity (Wildman–Crippen MR) is 61.2 cm³/mol. The van der Waals surface area contributed by atoms with E-state index in [9.17, 15) is 9.59 Å². The Morgan fingerprint density at radius 3 is 2.67 bits per heavy atom. The zero-order valence-electron chi connectivity index (χ0n) is 8.34. The van der Waals surface area contributed by atoms with Crippen molar-refractivity contribution in [3.05, 3.63) is 30.3 Å². The Bertz CT molecular complexity index is 391. The number of hydrogen-bond acceptors (Lipinski definition) is 3. The number of rotatable bonds is 2. The molecule has 0 aliphatic carbocycles. The quantitative estimate of drug-likeness (QED) is 0.769. The van der Waals surface area contributed by atoms with Crippen molar-refractivity contribution >= 4 is 28.5 Å². The molecule has 0 spiro atoms. The van der Waals surface area contributed by atoms with Crippen molar-refractivity contribution < 1.29 is 9.59 Å². The molecule has 1 saturated heterocycles. The predicted octanol–water partition coefficient (Wildman–Crippen LogP) is 2.32. The smallest absolute Gasteiger partial charge is 0.286 e. The van der Waals surface area contributed by atoms with Crippen LogP contribution in [0.15, 0.2) is 30.3 Å². The molecule has 0 N–H and O–H groups in total. The van der Waals surface area contributed by atoms with Crippen molar-refractivity contribution in [2.45, 2.75) is 13.0 Å². The second-order valence-corrected chi connectivity index (χ2v) is 4.38. The Hall–Kier alpha value is -1.29. The summed E-state index contributed by atoms with van der Waals surface area (Å²) in [4.78, 5) is 24.6. The Morgan fingerprint density at radius 1 is 1.40 bits per heavy atom. The van der Waals surface area contributed by atoms with Crippen LogP contribution in [0.1, 0.15) is 6.92 Å². The highest BCUT2D eigenvalue weighted by Crippen LogP contribution is 2.30. The monoisotopic (exact) mass is 221 g/mol. The normalized spacial score (nSPS) is 20.7. The minimum atomic E-state index is -0.301. The average molecular weight is 221 g/mol. The molecule has 1 amide bonds. The van der Waals surface area contributed by atoms with Gasteiger partial charge in [-0.3, -0.25) is 14.5 Å². The lowest BCUT2D eigenvalue weighted by Crippen LogP contribution is -2.38. The van der Waals surface area contributed by atoms with Crippen LogP contribution in [-0.2, 0) is 4.79 Å². The summed E-state index contributed by atoms with van der Waals surface area (Å²) in [7, 11) is 0. The maximum Gasteiger partial charge on any atom is 0.286 e. The third kappa shape index (κ3) is 1.90. The van der Waals surface area contributed by atoms with Gasteiger partial charge in [-0.15, -0.1) is 0 Å². The summed E-state index contributed by atoms with van der Waals surface area (Å²) in [5.74, 6) is 0.598. The summed E-state index contributed by atoms with van der Waals surface area (Å²) < 4.78 is 0. The van der Waals surface area contributed by atoms with Gasteiger partial charge in [0, 0.05) is 11.4 Å². The van der Waals surface area contributed by atoms with Crippen molar-refractivity contribution in [2.24, 2.45) is 0 Å². The van der Waals surface area contributed by atoms with Gasteiger partial charge in [0.1, 0.15) is 6.04 Å². The largest absolute Gasteiger partial charge is 0.298 e. The van der Waals surface area contributed by atoms with Crippen LogP contribution < -0.4 is 4.90 Å². The number of carbonyl (C=O) groups is 2. The van der Waals surface area contributed by atoms with E-state index in [0.29, 0.717) is 5.75 Å². The second kappa shape index (κ2) is 4.06. The molecule has 0 bridgehead atoms. The Kier molecular flexibility index (Phi) is 2.77. The SMILES string of the molecule is CC(=O)[C@H]1CSC(=O)N1c1ccccc1. The molecule has 15 heavy (non-hydrogen) atoms. The molecule has 1 aliphatic rings. The minimum absolute atomic E-state index is 0.0391. The number of thioether (sulfide) groups is 1. The maximum absolute atomic E-state index is 11.6. The summed E-state index contributed by atoms with van der Waals surface area (Å²) in [5, 5.41) is -0.0404. The lowest BCUT2D eigenvalue weighted by atomic mass is 10.2. The van der Waals surface area contributed by atoms with Gasteiger partial charge in [0.05, 0.1) is 0 Å². The molecule has 1 atom stereocenters. The summed E-state index contributed by atoms with van der Waals surface area (Å²) in [5.41, 5.74) is 0.799. The fourth-order valence-corrected chi connectivity index (χ4v) is 2.65. The van der Waals surface area contributed by atoms with Gasteiger partial charge < -0.3 is 0 Å². The molecular formula is C11H11NO2S. The van der Waals surface area contributed by atoms with Gasteiger partial charge in [-0.2, -0.15) is 0 Å². The Balaban J connectivity index is 2.33. The van der Waals surface area contributed by atoms with Crippen molar-refractivity contribution in [1.29, 1.82) is 0 Å². The van der Waals surface area contributed by atoms with Crippen LogP contribution in [0.4, 0.5) is 10.5 Å². The van der Waals surface area contributed by atoms with E-state index in [1.165, 1.54) is 18.7 Å². The third-order valence-electron chi connectivity index (χ3n) is 2.38. The molecule has 2 rings (SSSR count). The molecule has 0 aromatic heterocycles. The topological polar surface area (TPSA) is 37.4 Å². The van der Waals surface area contributed by atoms with E-state index in [1.807, 2.05) is 30.3 Å². The van der Waals surface area contributed by atoms with E-state index in [1.54, 1.807) is 4.90 Å². The Morgan fingerprint density at radius 2 is 2.07 bits per heavy atom. The van der Waals surface area contributed by atoms with Crippen molar-refractivity contribution in [3.8, 4) is 0 Å². The zero-order chi connectivity index (χ0) is 10.8. The first-order chi connectivity index (χ1) is 7.20. The zero-order valence-corrected chi connectivity index (χ0v) is 9.16. The number of nitrogens with zero attached hydrogens (tertiary/aromatic N) is 1. The lowest BCUT2D eigenvalue weighted by Gasteiger charge is -2.21. The van der Waals surface area contributed by atoms with E-state index in [4.69, 9.17) is 0 Å². The summed E-state index contributed by atoms with van der Waals surface area (Å²) in [6, 6.07) is 9.01. The van der Waals surface area contributed by atoms with E-state index >= 15 is 0 Å². The van der Waals surface area contributed by atoms with Crippen molar-refractivity contribution in [1.82, 2.24) is 0 Å². The maximum atomic E-state index is 11.6. The highest BCUT2D eigenvalue weighted by molar-refractivity contribution is 8.14. The van der Waals surface area contributed by atoms with E-state index < -0.39 is 0 Å². The molecule has 1 heterocycles. The number of amides is 1. The first-order valence-corrected chi connectivity index (χ1v) is 5.70. The second-order valence-electron chi connectivity index (χ2n) is 3.41. The molecule has 78 valence electrons. The number of anilines is 1. The van der Waals surface area contributed by atoms with Gasteiger partial charge in [-0.05, 0) is 19.1 Å². The number of Topliss-reactive ketones (excluding diaryl/α,β-unsaturated/α-hetero) is 1. The van der Waals surface area contributed by atoms with Crippen LogP contribution in [-0.4, -0.2) is 22.8 Å². The van der Waals surface area contributed by atoms with Gasteiger partial charge >= 0.3 is 0 Å². The molecule has 0 radical (unpaired) electrons. The lowest BCUT2D eigenvalue weighted by molar-refractivity contribution is -0.117. The molecule has 0 unspecified atom stereocenters. The summed E-state index contributed by atoms with van der Waals surface area (Å²) in [6.45, 7) is 1.53. The number of ketones is 1. The van der Waals surface area contributed by atoms with Gasteiger partial charge in [-0.1, -0.05) is 30.0 Å². The molecular weight excluding hydrogens is 210 g/mol. The van der Waals surface area contributed by atoms with Gasteiger partial charge in [0.25, 0.3) is 5.24 Å². The molecule has 1 aliphatic heterocycles. The van der Waals surface area contributed by atoms with Crippen molar-refractivity contribution in [3.63, 3.8) is 0 Å². The van der Waals surface area contributed by atoms with Crippen LogP contribution in [0.3, 0.4) is 0 Å². The number of hydrogen-bond donors (Lipinski definition) is 0. The van der Waals surface area contributed by atoms with Crippen LogP contribution in [0.2, 0.25) is 0 Å². The average Bonchev–Trinajstić information content (AvgIpc) is 2.61. The van der Waals surface area contributed by atoms with Crippen LogP contribution in [0.25, 0.3) is 0 Å². The first kappa shape index (κ1) is 10.2. The van der Waals surface area contributed by atoms with E-state index in [0.717, 1.165) is 5.69 Å². The molecule has 1 aromatic rings.